The van der Waals surface area contributed by atoms with E-state index in [0.717, 1.165) is 0 Å². The molecule has 14 heavy (non-hydrogen) atoms. The first kappa shape index (κ1) is 9.55. The number of rotatable bonds is 2. The standard InChI is InChI=1S/C10H13FN2O/c11-9-8(2-1-3-13-9)10(6-12)4-7(14)5-10/h1-3,7,14H,4-6,12H2. The summed E-state index contributed by atoms with van der Waals surface area (Å²) < 4.78 is 13.4. The summed E-state index contributed by atoms with van der Waals surface area (Å²) in [6, 6.07) is 3.39. The van der Waals surface area contributed by atoms with Gasteiger partial charge in [-0.1, -0.05) is 6.07 Å². The van der Waals surface area contributed by atoms with Gasteiger partial charge in [0.05, 0.1) is 6.10 Å². The molecule has 3 N–H and O–H groups in total. The van der Waals surface area contributed by atoms with Crippen molar-refractivity contribution in [2.75, 3.05) is 6.54 Å². The number of aliphatic hydroxyl groups is 1. The van der Waals surface area contributed by atoms with Crippen LogP contribution in [0.15, 0.2) is 18.3 Å². The first-order valence-electron chi connectivity index (χ1n) is 4.67. The average molecular weight is 196 g/mol. The van der Waals surface area contributed by atoms with Crippen LogP contribution in [0.25, 0.3) is 0 Å². The fraction of sp³-hybridized carbons (Fsp3) is 0.500. The quantitative estimate of drug-likeness (QED) is 0.680. The highest BCUT2D eigenvalue weighted by Gasteiger charge is 2.45. The summed E-state index contributed by atoms with van der Waals surface area (Å²) in [6.45, 7) is 0.354. The molecule has 0 bridgehead atoms. The number of pyridine rings is 1. The maximum Gasteiger partial charge on any atom is 0.216 e. The maximum absolute atomic E-state index is 13.4. The van der Waals surface area contributed by atoms with Gasteiger partial charge in [0.1, 0.15) is 0 Å². The van der Waals surface area contributed by atoms with Gasteiger partial charge in [0.25, 0.3) is 0 Å². The molecule has 1 aliphatic rings. The van der Waals surface area contributed by atoms with E-state index in [0.29, 0.717) is 24.9 Å². The fourth-order valence-corrected chi connectivity index (χ4v) is 2.12. The van der Waals surface area contributed by atoms with E-state index in [4.69, 9.17) is 5.73 Å². The molecule has 1 aromatic heterocycles. The molecule has 0 atom stereocenters. The molecular formula is C10H13FN2O. The van der Waals surface area contributed by atoms with Gasteiger partial charge < -0.3 is 10.8 Å². The van der Waals surface area contributed by atoms with Crippen LogP contribution in [-0.2, 0) is 5.41 Å². The molecule has 4 heteroatoms. The van der Waals surface area contributed by atoms with E-state index < -0.39 is 11.4 Å². The van der Waals surface area contributed by atoms with Gasteiger partial charge in [-0.25, -0.2) is 4.98 Å². The van der Waals surface area contributed by atoms with Crippen molar-refractivity contribution >= 4 is 0 Å². The summed E-state index contributed by atoms with van der Waals surface area (Å²) in [5.41, 5.74) is 5.77. The first-order chi connectivity index (χ1) is 6.68. The Morgan fingerprint density at radius 2 is 2.36 bits per heavy atom. The van der Waals surface area contributed by atoms with E-state index in [1.807, 2.05) is 0 Å². The molecule has 0 spiro atoms. The molecule has 76 valence electrons. The predicted molar refractivity (Wildman–Crippen MR) is 50.2 cm³/mol. The van der Waals surface area contributed by atoms with E-state index in [-0.39, 0.29) is 6.10 Å². The number of halogens is 1. The largest absolute Gasteiger partial charge is 0.393 e. The fourth-order valence-electron chi connectivity index (χ4n) is 2.12. The van der Waals surface area contributed by atoms with E-state index in [9.17, 15) is 9.50 Å². The van der Waals surface area contributed by atoms with Gasteiger partial charge in [0.2, 0.25) is 5.95 Å². The third-order valence-corrected chi connectivity index (χ3v) is 2.97. The Bertz CT molecular complexity index is 337. The summed E-state index contributed by atoms with van der Waals surface area (Å²) in [5, 5.41) is 9.27. The van der Waals surface area contributed by atoms with Gasteiger partial charge in [-0.05, 0) is 18.9 Å². The van der Waals surface area contributed by atoms with Crippen molar-refractivity contribution in [3.8, 4) is 0 Å². The minimum Gasteiger partial charge on any atom is -0.393 e. The van der Waals surface area contributed by atoms with Crippen LogP contribution in [0.2, 0.25) is 0 Å². The molecule has 2 rings (SSSR count). The van der Waals surface area contributed by atoms with Crippen molar-refractivity contribution in [2.45, 2.75) is 24.4 Å². The topological polar surface area (TPSA) is 59.1 Å². The first-order valence-corrected chi connectivity index (χ1v) is 4.67. The van der Waals surface area contributed by atoms with Gasteiger partial charge in [0.15, 0.2) is 0 Å². The van der Waals surface area contributed by atoms with Crippen LogP contribution in [0, 0.1) is 5.95 Å². The molecule has 0 amide bonds. The van der Waals surface area contributed by atoms with Crippen molar-refractivity contribution in [1.29, 1.82) is 0 Å². The smallest absolute Gasteiger partial charge is 0.216 e. The average Bonchev–Trinajstić information content (AvgIpc) is 2.14. The van der Waals surface area contributed by atoms with Crippen molar-refractivity contribution in [2.24, 2.45) is 5.73 Å². The highest BCUT2D eigenvalue weighted by Crippen LogP contribution is 2.43. The third-order valence-electron chi connectivity index (χ3n) is 2.97. The predicted octanol–water partition coefficient (Wildman–Crippen LogP) is 0.572. The molecule has 1 aliphatic carbocycles. The van der Waals surface area contributed by atoms with Crippen molar-refractivity contribution in [3.05, 3.63) is 29.8 Å². The van der Waals surface area contributed by atoms with E-state index in [1.165, 1.54) is 6.20 Å². The molecule has 0 radical (unpaired) electrons. The molecule has 1 aromatic rings. The van der Waals surface area contributed by atoms with Crippen LogP contribution in [0.3, 0.4) is 0 Å². The second-order valence-electron chi connectivity index (χ2n) is 3.89. The second kappa shape index (κ2) is 3.29. The van der Waals surface area contributed by atoms with Crippen LogP contribution in [0.5, 0.6) is 0 Å². The lowest BCUT2D eigenvalue weighted by Gasteiger charge is -2.44. The molecule has 0 aromatic carbocycles. The van der Waals surface area contributed by atoms with E-state index in [1.54, 1.807) is 12.1 Å². The summed E-state index contributed by atoms with van der Waals surface area (Å²) in [7, 11) is 0. The number of hydrogen-bond acceptors (Lipinski definition) is 3. The summed E-state index contributed by atoms with van der Waals surface area (Å²) in [4.78, 5) is 3.60. The van der Waals surface area contributed by atoms with Crippen LogP contribution in [-0.4, -0.2) is 22.7 Å². The normalized spacial score (nSPS) is 31.2. The third kappa shape index (κ3) is 1.31. The van der Waals surface area contributed by atoms with Gasteiger partial charge in [-0.2, -0.15) is 4.39 Å². The molecular weight excluding hydrogens is 183 g/mol. The Balaban J connectivity index is 2.34. The van der Waals surface area contributed by atoms with Gasteiger partial charge in [-0.3, -0.25) is 0 Å². The Labute approximate surface area is 81.8 Å². The van der Waals surface area contributed by atoms with Crippen LogP contribution >= 0.6 is 0 Å². The number of nitrogens with two attached hydrogens (primary N) is 1. The van der Waals surface area contributed by atoms with Crippen LogP contribution in [0.4, 0.5) is 4.39 Å². The minimum absolute atomic E-state index is 0.349. The van der Waals surface area contributed by atoms with Crippen molar-refractivity contribution in [3.63, 3.8) is 0 Å². The molecule has 1 saturated carbocycles. The van der Waals surface area contributed by atoms with Gasteiger partial charge in [0, 0.05) is 23.7 Å². The zero-order valence-corrected chi connectivity index (χ0v) is 7.78. The summed E-state index contributed by atoms with van der Waals surface area (Å²) in [5.74, 6) is -0.468. The van der Waals surface area contributed by atoms with E-state index in [2.05, 4.69) is 4.98 Å². The highest BCUT2D eigenvalue weighted by molar-refractivity contribution is 5.28. The highest BCUT2D eigenvalue weighted by atomic mass is 19.1. The molecule has 0 unspecified atom stereocenters. The number of nitrogens with zero attached hydrogens (tertiary/aromatic N) is 1. The lowest BCUT2D eigenvalue weighted by Crippen LogP contribution is -2.50. The van der Waals surface area contributed by atoms with Crippen molar-refractivity contribution in [1.82, 2.24) is 4.98 Å². The number of aromatic nitrogens is 1. The molecule has 3 nitrogen and oxygen atoms in total. The Hall–Kier alpha value is -1.00. The van der Waals surface area contributed by atoms with Gasteiger partial charge in [-0.15, -0.1) is 0 Å². The van der Waals surface area contributed by atoms with Crippen molar-refractivity contribution < 1.29 is 9.50 Å². The maximum atomic E-state index is 13.4. The lowest BCUT2D eigenvalue weighted by atomic mass is 9.63. The minimum atomic E-state index is -0.468. The van der Waals surface area contributed by atoms with Crippen LogP contribution in [0.1, 0.15) is 18.4 Å². The Morgan fingerprint density at radius 1 is 1.64 bits per heavy atom. The zero-order chi connectivity index (χ0) is 10.2. The monoisotopic (exact) mass is 196 g/mol. The Kier molecular flexibility index (Phi) is 2.25. The number of aliphatic hydroxyl groups excluding tert-OH is 1. The van der Waals surface area contributed by atoms with Crippen LogP contribution < -0.4 is 5.73 Å². The lowest BCUT2D eigenvalue weighted by molar-refractivity contribution is 0.0201. The zero-order valence-electron chi connectivity index (χ0n) is 7.78. The molecule has 1 heterocycles. The van der Waals surface area contributed by atoms with E-state index >= 15 is 0 Å². The molecule has 0 aliphatic heterocycles. The second-order valence-corrected chi connectivity index (χ2v) is 3.89. The van der Waals surface area contributed by atoms with Gasteiger partial charge >= 0.3 is 0 Å². The summed E-state index contributed by atoms with van der Waals surface area (Å²) >= 11 is 0. The summed E-state index contributed by atoms with van der Waals surface area (Å²) in [6.07, 6.45) is 2.13. The SMILES string of the molecule is NCC1(c2cccnc2F)CC(O)C1. The molecule has 1 fully saturated rings. The number of hydrogen-bond donors (Lipinski definition) is 2. The Morgan fingerprint density at radius 3 is 2.86 bits per heavy atom. The molecule has 0 saturated heterocycles.